The number of benzene rings is 1. The van der Waals surface area contributed by atoms with E-state index in [4.69, 9.17) is 23.2 Å². The van der Waals surface area contributed by atoms with E-state index >= 15 is 0 Å². The van der Waals surface area contributed by atoms with Crippen LogP contribution < -0.4 is 4.90 Å². The molecule has 1 saturated heterocycles. The monoisotopic (exact) mass is 425 g/mol. The summed E-state index contributed by atoms with van der Waals surface area (Å²) in [5.41, 5.74) is 2.35. The summed E-state index contributed by atoms with van der Waals surface area (Å²) in [4.78, 5) is 14.5. The van der Waals surface area contributed by atoms with E-state index < -0.39 is 10.0 Å². The van der Waals surface area contributed by atoms with E-state index in [-0.39, 0.29) is 0 Å². The summed E-state index contributed by atoms with van der Waals surface area (Å²) in [6, 6.07) is 7.25. The fraction of sp³-hybridized carbons (Fsp3) is 0.294. The molecule has 0 spiro atoms. The lowest BCUT2D eigenvalue weighted by molar-refractivity contribution is 0.387. The van der Waals surface area contributed by atoms with Crippen molar-refractivity contribution in [3.05, 3.63) is 40.5 Å². The maximum Gasteiger partial charge on any atom is 0.211 e. The highest BCUT2D eigenvalue weighted by Gasteiger charge is 2.26. The van der Waals surface area contributed by atoms with Gasteiger partial charge in [-0.2, -0.15) is 4.31 Å². The molecule has 4 rings (SSSR count). The number of fused-ring (bicyclic) bond motifs is 1. The van der Waals surface area contributed by atoms with Crippen LogP contribution in [0.1, 0.15) is 0 Å². The first-order chi connectivity index (χ1) is 12.8. The van der Waals surface area contributed by atoms with Crippen molar-refractivity contribution in [1.82, 2.24) is 19.3 Å². The highest BCUT2D eigenvalue weighted by molar-refractivity contribution is 7.88. The van der Waals surface area contributed by atoms with Gasteiger partial charge in [0.05, 0.1) is 32.9 Å². The molecular weight excluding hydrogens is 409 g/mol. The SMILES string of the molecule is CS(=O)(=O)N1CCN(c2ncccc2-c2nc3cc(Cl)c(Cl)cc3[nH]2)CC1. The Kier molecular flexibility index (Phi) is 4.75. The van der Waals surface area contributed by atoms with Gasteiger partial charge >= 0.3 is 0 Å². The van der Waals surface area contributed by atoms with Gasteiger partial charge in [-0.25, -0.2) is 18.4 Å². The van der Waals surface area contributed by atoms with Crippen LogP contribution >= 0.6 is 23.2 Å². The van der Waals surface area contributed by atoms with Crippen molar-refractivity contribution in [2.75, 3.05) is 37.3 Å². The van der Waals surface area contributed by atoms with Crippen molar-refractivity contribution in [3.8, 4) is 11.4 Å². The Hall–Kier alpha value is -1.87. The number of imidazole rings is 1. The van der Waals surface area contributed by atoms with Crippen LogP contribution in [0.2, 0.25) is 10.0 Å². The molecule has 0 saturated carbocycles. The fourth-order valence-corrected chi connectivity index (χ4v) is 4.35. The van der Waals surface area contributed by atoms with Crippen molar-refractivity contribution in [2.45, 2.75) is 0 Å². The van der Waals surface area contributed by atoms with Gasteiger partial charge in [0.15, 0.2) is 0 Å². The number of H-pyrrole nitrogens is 1. The van der Waals surface area contributed by atoms with Crippen LogP contribution in [0.15, 0.2) is 30.5 Å². The summed E-state index contributed by atoms with van der Waals surface area (Å²) in [7, 11) is -3.18. The Labute approximate surface area is 167 Å². The van der Waals surface area contributed by atoms with E-state index in [0.717, 1.165) is 22.4 Å². The van der Waals surface area contributed by atoms with Crippen molar-refractivity contribution < 1.29 is 8.42 Å². The van der Waals surface area contributed by atoms with E-state index in [9.17, 15) is 8.42 Å². The molecule has 27 heavy (non-hydrogen) atoms. The molecule has 3 heterocycles. The molecule has 0 amide bonds. The first-order valence-electron chi connectivity index (χ1n) is 8.33. The third kappa shape index (κ3) is 3.62. The topological polar surface area (TPSA) is 82.2 Å². The first kappa shape index (κ1) is 18.5. The van der Waals surface area contributed by atoms with E-state index in [2.05, 4.69) is 19.9 Å². The molecule has 142 valence electrons. The number of pyridine rings is 1. The van der Waals surface area contributed by atoms with Gasteiger partial charge in [0.2, 0.25) is 10.0 Å². The second-order valence-corrected chi connectivity index (χ2v) is 9.19. The Balaban J connectivity index is 1.68. The maximum absolute atomic E-state index is 11.7. The number of hydrogen-bond acceptors (Lipinski definition) is 5. The van der Waals surface area contributed by atoms with Crippen LogP contribution in [-0.2, 0) is 10.0 Å². The highest BCUT2D eigenvalue weighted by Crippen LogP contribution is 2.32. The zero-order valence-electron chi connectivity index (χ0n) is 14.5. The van der Waals surface area contributed by atoms with Gasteiger partial charge in [0.1, 0.15) is 11.6 Å². The van der Waals surface area contributed by atoms with Crippen LogP contribution in [0.3, 0.4) is 0 Å². The quantitative estimate of drug-likeness (QED) is 0.697. The lowest BCUT2D eigenvalue weighted by atomic mass is 10.2. The number of hydrogen-bond donors (Lipinski definition) is 1. The molecule has 1 aliphatic heterocycles. The summed E-state index contributed by atoms with van der Waals surface area (Å²) in [5.74, 6) is 1.43. The number of sulfonamides is 1. The Bertz CT molecular complexity index is 1070. The number of rotatable bonds is 3. The Morgan fingerprint density at radius 2 is 1.81 bits per heavy atom. The predicted octanol–water partition coefficient (Wildman–Crippen LogP) is 3.01. The molecular formula is C17H17Cl2N5O2S. The first-order valence-corrected chi connectivity index (χ1v) is 10.9. The highest BCUT2D eigenvalue weighted by atomic mass is 35.5. The summed E-state index contributed by atoms with van der Waals surface area (Å²) in [6.07, 6.45) is 2.96. The number of anilines is 1. The van der Waals surface area contributed by atoms with Crippen molar-refractivity contribution >= 4 is 50.1 Å². The second-order valence-electron chi connectivity index (χ2n) is 6.39. The molecule has 3 aromatic rings. The lowest BCUT2D eigenvalue weighted by Gasteiger charge is -2.34. The molecule has 1 fully saturated rings. The van der Waals surface area contributed by atoms with Gasteiger partial charge in [-0.05, 0) is 24.3 Å². The zero-order valence-corrected chi connectivity index (χ0v) is 16.8. The van der Waals surface area contributed by atoms with Crippen molar-refractivity contribution in [1.29, 1.82) is 0 Å². The number of nitrogens with zero attached hydrogens (tertiary/aromatic N) is 4. The van der Waals surface area contributed by atoms with Gasteiger partial charge in [-0.3, -0.25) is 0 Å². The minimum atomic E-state index is -3.18. The van der Waals surface area contributed by atoms with Crippen LogP contribution in [0.5, 0.6) is 0 Å². The molecule has 10 heteroatoms. The number of aromatic nitrogens is 3. The summed E-state index contributed by atoms with van der Waals surface area (Å²) < 4.78 is 24.9. The molecule has 1 aromatic carbocycles. The number of halogens is 2. The largest absolute Gasteiger partial charge is 0.353 e. The maximum atomic E-state index is 11.7. The zero-order chi connectivity index (χ0) is 19.2. The second kappa shape index (κ2) is 6.94. The normalized spacial score (nSPS) is 16.2. The standard InChI is InChI=1S/C17H17Cl2N5O2S/c1-27(25,26)24-7-5-23(6-8-24)17-11(3-2-4-20-17)16-21-14-9-12(18)13(19)10-15(14)22-16/h2-4,9-10H,5-8H2,1H3,(H,21,22). The molecule has 0 bridgehead atoms. The molecule has 0 atom stereocenters. The van der Waals surface area contributed by atoms with Gasteiger partial charge < -0.3 is 9.88 Å². The summed E-state index contributed by atoms with van der Waals surface area (Å²) in [6.45, 7) is 1.99. The van der Waals surface area contributed by atoms with Gasteiger partial charge in [0.25, 0.3) is 0 Å². The smallest absolute Gasteiger partial charge is 0.211 e. The summed E-state index contributed by atoms with van der Waals surface area (Å²) in [5, 5.41) is 0.910. The van der Waals surface area contributed by atoms with Crippen molar-refractivity contribution in [3.63, 3.8) is 0 Å². The van der Waals surface area contributed by atoms with E-state index in [1.54, 1.807) is 18.3 Å². The van der Waals surface area contributed by atoms with Crippen molar-refractivity contribution in [2.24, 2.45) is 0 Å². The van der Waals surface area contributed by atoms with Gasteiger partial charge in [-0.1, -0.05) is 23.2 Å². The summed E-state index contributed by atoms with van der Waals surface area (Å²) >= 11 is 12.2. The minimum Gasteiger partial charge on any atom is -0.353 e. The molecule has 0 radical (unpaired) electrons. The molecule has 1 N–H and O–H groups in total. The molecule has 0 aliphatic carbocycles. The average molecular weight is 426 g/mol. The number of nitrogens with one attached hydrogen (secondary N) is 1. The van der Waals surface area contributed by atoms with Crippen LogP contribution in [0.4, 0.5) is 5.82 Å². The molecule has 7 nitrogen and oxygen atoms in total. The number of piperazine rings is 1. The lowest BCUT2D eigenvalue weighted by Crippen LogP contribution is -2.48. The number of aromatic amines is 1. The fourth-order valence-electron chi connectivity index (χ4n) is 3.20. The van der Waals surface area contributed by atoms with E-state index in [1.165, 1.54) is 10.6 Å². The van der Waals surface area contributed by atoms with E-state index in [1.807, 2.05) is 12.1 Å². The van der Waals surface area contributed by atoms with Gasteiger partial charge in [-0.15, -0.1) is 0 Å². The third-order valence-electron chi connectivity index (χ3n) is 4.57. The third-order valence-corrected chi connectivity index (χ3v) is 6.60. The molecule has 0 unspecified atom stereocenters. The molecule has 2 aromatic heterocycles. The van der Waals surface area contributed by atoms with Crippen LogP contribution in [0, 0.1) is 0 Å². The molecule has 1 aliphatic rings. The van der Waals surface area contributed by atoms with Crippen LogP contribution in [-0.4, -0.2) is 60.1 Å². The Morgan fingerprint density at radius 1 is 1.11 bits per heavy atom. The van der Waals surface area contributed by atoms with Crippen LogP contribution in [0.25, 0.3) is 22.4 Å². The van der Waals surface area contributed by atoms with E-state index in [0.29, 0.717) is 42.0 Å². The predicted molar refractivity (Wildman–Crippen MR) is 108 cm³/mol. The average Bonchev–Trinajstić information content (AvgIpc) is 3.04. The minimum absolute atomic E-state index is 0.431. The van der Waals surface area contributed by atoms with Gasteiger partial charge in [0, 0.05) is 32.4 Å². The Morgan fingerprint density at radius 3 is 2.52 bits per heavy atom.